The molecular formula is C19H24N4OS. The van der Waals surface area contributed by atoms with Crippen molar-refractivity contribution in [1.29, 1.82) is 0 Å². The molecule has 2 aromatic heterocycles. The van der Waals surface area contributed by atoms with Crippen molar-refractivity contribution in [3.8, 4) is 0 Å². The molecule has 0 saturated carbocycles. The van der Waals surface area contributed by atoms with Gasteiger partial charge >= 0.3 is 0 Å². The van der Waals surface area contributed by atoms with Gasteiger partial charge in [-0.25, -0.2) is 4.98 Å². The highest BCUT2D eigenvalue weighted by Crippen LogP contribution is 2.41. The van der Waals surface area contributed by atoms with E-state index in [9.17, 15) is 4.79 Å². The van der Waals surface area contributed by atoms with Gasteiger partial charge in [0.1, 0.15) is 0 Å². The zero-order valence-electron chi connectivity index (χ0n) is 14.6. The Hall–Kier alpha value is -1.79. The van der Waals surface area contributed by atoms with Crippen molar-refractivity contribution in [2.24, 2.45) is 5.41 Å². The second kappa shape index (κ2) is 6.84. The number of carbonyl (C=O) groups excluding carboxylic acids is 1. The molecule has 4 heterocycles. The van der Waals surface area contributed by atoms with Gasteiger partial charge < -0.3 is 4.90 Å². The molecule has 0 atom stereocenters. The molecule has 132 valence electrons. The van der Waals surface area contributed by atoms with Crippen molar-refractivity contribution in [3.63, 3.8) is 0 Å². The van der Waals surface area contributed by atoms with Crippen LogP contribution in [0.2, 0.25) is 0 Å². The first-order chi connectivity index (χ1) is 12.1. The maximum Gasteiger partial charge on any atom is 0.223 e. The quantitative estimate of drug-likeness (QED) is 0.845. The standard InChI is InChI=1S/C19H24N4OS/c1-15-21-17(13-25-15)12-23-14-19(10-18(23)24)5-8-22(9-6-19)11-16-4-2-3-7-20-16/h2-4,7,13H,5-6,8-12,14H2,1H3. The van der Waals surface area contributed by atoms with Gasteiger partial charge in [0, 0.05) is 31.1 Å². The lowest BCUT2D eigenvalue weighted by atomic mass is 9.77. The summed E-state index contributed by atoms with van der Waals surface area (Å²) >= 11 is 1.66. The molecule has 2 saturated heterocycles. The van der Waals surface area contributed by atoms with Crippen molar-refractivity contribution in [2.75, 3.05) is 19.6 Å². The minimum atomic E-state index is 0.169. The summed E-state index contributed by atoms with van der Waals surface area (Å²) in [4.78, 5) is 25.9. The first kappa shape index (κ1) is 16.7. The molecule has 2 aromatic rings. The molecule has 0 bridgehead atoms. The van der Waals surface area contributed by atoms with Crippen molar-refractivity contribution >= 4 is 17.2 Å². The van der Waals surface area contributed by atoms with E-state index >= 15 is 0 Å². The minimum absolute atomic E-state index is 0.169. The van der Waals surface area contributed by atoms with Crippen molar-refractivity contribution < 1.29 is 4.79 Å². The van der Waals surface area contributed by atoms with E-state index in [1.165, 1.54) is 0 Å². The van der Waals surface area contributed by atoms with Crippen LogP contribution >= 0.6 is 11.3 Å². The molecule has 2 aliphatic heterocycles. The number of amides is 1. The molecule has 2 fully saturated rings. The fourth-order valence-corrected chi connectivity index (χ4v) is 4.65. The Labute approximate surface area is 152 Å². The average molecular weight is 356 g/mol. The van der Waals surface area contributed by atoms with E-state index in [1.807, 2.05) is 30.2 Å². The van der Waals surface area contributed by atoms with Crippen LogP contribution in [0.1, 0.15) is 35.7 Å². The summed E-state index contributed by atoms with van der Waals surface area (Å²) in [5, 5.41) is 3.14. The maximum absolute atomic E-state index is 12.5. The molecule has 0 aromatic carbocycles. The summed E-state index contributed by atoms with van der Waals surface area (Å²) in [6, 6.07) is 6.08. The van der Waals surface area contributed by atoms with Crippen LogP contribution in [0, 0.1) is 12.3 Å². The predicted molar refractivity (Wildman–Crippen MR) is 98.1 cm³/mol. The number of aromatic nitrogens is 2. The van der Waals surface area contributed by atoms with Crippen molar-refractivity contribution in [2.45, 2.75) is 39.3 Å². The Morgan fingerprint density at radius 1 is 1.20 bits per heavy atom. The third-order valence-electron chi connectivity index (χ3n) is 5.45. The van der Waals surface area contributed by atoms with Gasteiger partial charge in [0.05, 0.1) is 22.9 Å². The van der Waals surface area contributed by atoms with Crippen molar-refractivity contribution in [1.82, 2.24) is 19.8 Å². The Morgan fingerprint density at radius 3 is 2.72 bits per heavy atom. The fourth-order valence-electron chi connectivity index (χ4n) is 4.04. The second-order valence-corrected chi connectivity index (χ2v) is 8.44. The molecular weight excluding hydrogens is 332 g/mol. The Balaban J connectivity index is 1.34. The van der Waals surface area contributed by atoms with E-state index in [-0.39, 0.29) is 5.41 Å². The van der Waals surface area contributed by atoms with Crippen LogP contribution in [0.15, 0.2) is 29.8 Å². The van der Waals surface area contributed by atoms with Crippen LogP contribution in [-0.4, -0.2) is 45.3 Å². The van der Waals surface area contributed by atoms with Crippen LogP contribution in [0.4, 0.5) is 0 Å². The van der Waals surface area contributed by atoms with Crippen LogP contribution < -0.4 is 0 Å². The average Bonchev–Trinajstić information content (AvgIpc) is 3.15. The highest BCUT2D eigenvalue weighted by Gasteiger charge is 2.44. The summed E-state index contributed by atoms with van der Waals surface area (Å²) in [7, 11) is 0. The SMILES string of the molecule is Cc1nc(CN2CC3(CCN(Cc4ccccn4)CC3)CC2=O)cs1. The van der Waals surface area contributed by atoms with Gasteiger partial charge in [-0.3, -0.25) is 14.7 Å². The molecule has 25 heavy (non-hydrogen) atoms. The number of rotatable bonds is 4. The second-order valence-electron chi connectivity index (χ2n) is 7.38. The van der Waals surface area contributed by atoms with Gasteiger partial charge in [0.15, 0.2) is 0 Å². The number of carbonyl (C=O) groups is 1. The lowest BCUT2D eigenvalue weighted by Gasteiger charge is -2.38. The zero-order valence-corrected chi connectivity index (χ0v) is 15.5. The number of hydrogen-bond donors (Lipinski definition) is 0. The monoisotopic (exact) mass is 356 g/mol. The molecule has 1 spiro atoms. The highest BCUT2D eigenvalue weighted by atomic mass is 32.1. The van der Waals surface area contributed by atoms with Gasteiger partial charge in [-0.05, 0) is 50.4 Å². The highest BCUT2D eigenvalue weighted by molar-refractivity contribution is 7.09. The van der Waals surface area contributed by atoms with Gasteiger partial charge in [-0.15, -0.1) is 11.3 Å². The largest absolute Gasteiger partial charge is 0.336 e. The van der Waals surface area contributed by atoms with E-state index in [0.29, 0.717) is 18.9 Å². The third-order valence-corrected chi connectivity index (χ3v) is 6.28. The predicted octanol–water partition coefficient (Wildman–Crippen LogP) is 2.86. The van der Waals surface area contributed by atoms with Crippen LogP contribution in [0.5, 0.6) is 0 Å². The van der Waals surface area contributed by atoms with Crippen LogP contribution in [-0.2, 0) is 17.9 Å². The molecule has 1 amide bonds. The summed E-state index contributed by atoms with van der Waals surface area (Å²) in [6.07, 6.45) is 4.75. The summed E-state index contributed by atoms with van der Waals surface area (Å²) < 4.78 is 0. The van der Waals surface area contributed by atoms with E-state index in [1.54, 1.807) is 11.3 Å². The number of aryl methyl sites for hydroxylation is 1. The first-order valence-corrected chi connectivity index (χ1v) is 9.81. The van der Waals surface area contributed by atoms with E-state index in [0.717, 1.165) is 55.4 Å². The Bertz CT molecular complexity index is 737. The number of pyridine rings is 1. The normalized spacial score (nSPS) is 20.5. The van der Waals surface area contributed by atoms with Crippen LogP contribution in [0.3, 0.4) is 0 Å². The Kier molecular flexibility index (Phi) is 4.56. The zero-order chi connectivity index (χ0) is 17.3. The molecule has 4 rings (SSSR count). The van der Waals surface area contributed by atoms with Gasteiger partial charge in [0.25, 0.3) is 0 Å². The molecule has 0 radical (unpaired) electrons. The van der Waals surface area contributed by atoms with E-state index in [2.05, 4.69) is 26.3 Å². The number of hydrogen-bond acceptors (Lipinski definition) is 5. The van der Waals surface area contributed by atoms with Crippen LogP contribution in [0.25, 0.3) is 0 Å². The molecule has 0 unspecified atom stereocenters. The Morgan fingerprint density at radius 2 is 2.04 bits per heavy atom. The van der Waals surface area contributed by atoms with E-state index in [4.69, 9.17) is 0 Å². The lowest BCUT2D eigenvalue weighted by Crippen LogP contribution is -2.41. The molecule has 0 aliphatic carbocycles. The summed E-state index contributed by atoms with van der Waals surface area (Å²) in [6.45, 7) is 6.58. The minimum Gasteiger partial charge on any atom is -0.336 e. The molecule has 2 aliphatic rings. The van der Waals surface area contributed by atoms with E-state index < -0.39 is 0 Å². The molecule has 0 N–H and O–H groups in total. The number of nitrogens with zero attached hydrogens (tertiary/aromatic N) is 4. The summed E-state index contributed by atoms with van der Waals surface area (Å²) in [5.41, 5.74) is 2.32. The number of likely N-dealkylation sites (tertiary alicyclic amines) is 2. The van der Waals surface area contributed by atoms with Gasteiger partial charge in [-0.1, -0.05) is 6.07 Å². The number of piperidine rings is 1. The topological polar surface area (TPSA) is 49.3 Å². The molecule has 5 nitrogen and oxygen atoms in total. The van der Waals surface area contributed by atoms with Gasteiger partial charge in [0.2, 0.25) is 5.91 Å². The van der Waals surface area contributed by atoms with Crippen molar-refractivity contribution in [3.05, 3.63) is 46.2 Å². The summed E-state index contributed by atoms with van der Waals surface area (Å²) in [5.74, 6) is 0.295. The lowest BCUT2D eigenvalue weighted by molar-refractivity contribution is -0.128. The first-order valence-electron chi connectivity index (χ1n) is 8.93. The third kappa shape index (κ3) is 3.75. The molecule has 6 heteroatoms. The fraction of sp³-hybridized carbons (Fsp3) is 0.526. The smallest absolute Gasteiger partial charge is 0.223 e. The maximum atomic E-state index is 12.5. The number of thiazole rings is 1. The van der Waals surface area contributed by atoms with Gasteiger partial charge in [-0.2, -0.15) is 0 Å².